The van der Waals surface area contributed by atoms with E-state index in [1.54, 1.807) is 0 Å². The number of aromatic nitrogens is 2. The number of hydrogen-bond acceptors (Lipinski definition) is 14. The summed E-state index contributed by atoms with van der Waals surface area (Å²) in [5.74, 6) is -5.05. The maximum Gasteiger partial charge on any atom is 0.472 e. The molecule has 0 saturated carbocycles. The minimum Gasteiger partial charge on any atom is -0.462 e. The molecular formula is C43H55F6N9O9S3. The first kappa shape index (κ1) is 58.1. The summed E-state index contributed by atoms with van der Waals surface area (Å²) in [6.07, 6.45) is -7.07. The van der Waals surface area contributed by atoms with Crippen LogP contribution in [0.4, 0.5) is 54.4 Å². The number of aryl methyl sites for hydroxylation is 1. The van der Waals surface area contributed by atoms with Gasteiger partial charge in [0.25, 0.3) is 20.0 Å². The summed E-state index contributed by atoms with van der Waals surface area (Å²) in [5, 5.41) is 2.81. The molecule has 0 saturated heterocycles. The monoisotopic (exact) mass is 1050 g/mol. The molecule has 18 nitrogen and oxygen atoms in total. The SMILES string of the molecule is CC(COC(=O)c1ccc(S(=O)(=O)Nc2ccc(NNC(=O)C(F)(F)F)nc2)cc1)CC(C)(C)C.Cc1nc(NC(=O)CC(C)CC(C)(C)C)sc1S(=O)(=O)Nc1ccc(NNC(=O)C(F)(F)F)cc1. The van der Waals surface area contributed by atoms with Crippen molar-refractivity contribution < 1.29 is 67.1 Å². The number of nitrogens with one attached hydrogen (secondary N) is 7. The molecule has 7 N–H and O–H groups in total. The zero-order valence-corrected chi connectivity index (χ0v) is 41.8. The lowest BCUT2D eigenvalue weighted by atomic mass is 9.84. The number of carbonyl (C=O) groups excluding carboxylic acids is 4. The van der Waals surface area contributed by atoms with Gasteiger partial charge in [0.05, 0.1) is 40.3 Å². The van der Waals surface area contributed by atoms with E-state index in [0.29, 0.717) is 0 Å². The van der Waals surface area contributed by atoms with Crippen LogP contribution in [-0.2, 0) is 39.2 Å². The summed E-state index contributed by atoms with van der Waals surface area (Å²) in [4.78, 5) is 54.0. The van der Waals surface area contributed by atoms with E-state index >= 15 is 0 Å². The minimum absolute atomic E-state index is 0.0222. The first-order chi connectivity index (χ1) is 32.0. The Morgan fingerprint density at radius 2 is 1.17 bits per heavy atom. The van der Waals surface area contributed by atoms with E-state index in [4.69, 9.17) is 4.74 Å². The van der Waals surface area contributed by atoms with Gasteiger partial charge in [-0.25, -0.2) is 31.6 Å². The lowest BCUT2D eigenvalue weighted by Crippen LogP contribution is -2.40. The summed E-state index contributed by atoms with van der Waals surface area (Å²) < 4.78 is 134. The van der Waals surface area contributed by atoms with Crippen LogP contribution in [0.5, 0.6) is 0 Å². The van der Waals surface area contributed by atoms with Crippen LogP contribution in [0, 0.1) is 29.6 Å². The first-order valence-electron chi connectivity index (χ1n) is 21.0. The Morgan fingerprint density at radius 1 is 0.671 bits per heavy atom. The molecule has 2 aromatic carbocycles. The average Bonchev–Trinajstić information content (AvgIpc) is 3.60. The van der Waals surface area contributed by atoms with E-state index in [0.717, 1.165) is 36.4 Å². The molecule has 0 aliphatic rings. The van der Waals surface area contributed by atoms with Crippen LogP contribution >= 0.6 is 11.3 Å². The van der Waals surface area contributed by atoms with Gasteiger partial charge >= 0.3 is 30.1 Å². The smallest absolute Gasteiger partial charge is 0.462 e. The minimum atomic E-state index is -5.07. The second-order valence-corrected chi connectivity index (χ2v) is 22.9. The Bertz CT molecular complexity index is 2650. The maximum atomic E-state index is 12.8. The quantitative estimate of drug-likeness (QED) is 0.0280. The second-order valence-electron chi connectivity index (χ2n) is 18.4. The summed E-state index contributed by atoms with van der Waals surface area (Å²) in [6, 6.07) is 12.7. The molecule has 70 heavy (non-hydrogen) atoms. The van der Waals surface area contributed by atoms with Crippen molar-refractivity contribution in [2.24, 2.45) is 22.7 Å². The number of nitrogens with zero attached hydrogens (tertiary/aromatic N) is 2. The molecule has 0 fully saturated rings. The molecule has 4 aromatic rings. The predicted octanol–water partition coefficient (Wildman–Crippen LogP) is 8.78. The number of hydrogen-bond donors (Lipinski definition) is 7. The van der Waals surface area contributed by atoms with Crippen LogP contribution in [-0.4, -0.2) is 69.5 Å². The Kier molecular flexibility index (Phi) is 19.6. The second kappa shape index (κ2) is 23.6. The van der Waals surface area contributed by atoms with Gasteiger partial charge in [-0.3, -0.25) is 45.5 Å². The third-order valence-electron chi connectivity index (χ3n) is 8.89. The first-order valence-corrected chi connectivity index (χ1v) is 24.7. The Balaban J connectivity index is 0.000000370. The number of ether oxygens (including phenoxy) is 1. The van der Waals surface area contributed by atoms with E-state index in [2.05, 4.69) is 71.7 Å². The van der Waals surface area contributed by atoms with Gasteiger partial charge in [-0.05, 0) is 103 Å². The molecule has 0 aliphatic heterocycles. The van der Waals surface area contributed by atoms with Crippen LogP contribution in [0.1, 0.15) is 90.7 Å². The van der Waals surface area contributed by atoms with E-state index in [1.165, 1.54) is 72.4 Å². The van der Waals surface area contributed by atoms with Gasteiger partial charge < -0.3 is 10.1 Å². The van der Waals surface area contributed by atoms with Gasteiger partial charge in [0.2, 0.25) is 5.91 Å². The fraction of sp³-hybridized carbons (Fsp3) is 0.442. The number of halogens is 6. The number of benzene rings is 2. The highest BCUT2D eigenvalue weighted by atomic mass is 32.2. The van der Waals surface area contributed by atoms with Crippen molar-refractivity contribution in [2.45, 2.75) is 103 Å². The number of anilines is 5. The summed E-state index contributed by atoms with van der Waals surface area (Å²) in [5.41, 5.74) is 7.79. The number of alkyl halides is 6. The molecule has 4 rings (SSSR count). The van der Waals surface area contributed by atoms with E-state index in [1.807, 2.05) is 19.3 Å². The number of thiazole rings is 1. The fourth-order valence-electron chi connectivity index (χ4n) is 6.42. The Hall–Kier alpha value is -6.22. The molecule has 27 heteroatoms. The van der Waals surface area contributed by atoms with Crippen molar-refractivity contribution in [3.8, 4) is 0 Å². The summed E-state index contributed by atoms with van der Waals surface area (Å²) in [6.45, 7) is 18.3. The highest BCUT2D eigenvalue weighted by molar-refractivity contribution is 7.94. The summed E-state index contributed by atoms with van der Waals surface area (Å²) >= 11 is 0.811. The lowest BCUT2D eigenvalue weighted by Gasteiger charge is -2.22. The Labute approximate surface area is 405 Å². The third kappa shape index (κ3) is 20.0. The highest BCUT2D eigenvalue weighted by Crippen LogP contribution is 2.31. The lowest BCUT2D eigenvalue weighted by molar-refractivity contribution is -0.173. The normalized spacial score (nSPS) is 13.1. The molecule has 0 bridgehead atoms. The van der Waals surface area contributed by atoms with Gasteiger partial charge in [0, 0.05) is 12.1 Å². The topological polar surface area (TPSA) is 256 Å². The van der Waals surface area contributed by atoms with Crippen molar-refractivity contribution in [1.29, 1.82) is 0 Å². The van der Waals surface area contributed by atoms with Crippen LogP contribution in [0.2, 0.25) is 0 Å². The largest absolute Gasteiger partial charge is 0.472 e. The standard InChI is InChI=1S/C22H27F3N4O5S.C21H28F3N5O4S2/c1-14(11-21(2,3)4)13-34-19(30)15-5-8-17(9-6-15)35(32,33)29-16-7-10-18(26-12-16)27-28-20(31)22(23,24)25;1-12(11-20(3,4)5)10-16(30)26-19-25-13(2)17(34-19)35(32,33)29-15-8-6-14(7-9-15)27-28-18(31)21(22,23)24/h5-10,12,14,29H,11,13H2,1-4H3,(H,26,27)(H,28,31);6-9,12,27,29H,10-11H2,1-5H3,(H,28,31)(H,25,26,30). The van der Waals surface area contributed by atoms with E-state index in [-0.39, 0.29) is 90.0 Å². The molecule has 0 aliphatic carbocycles. The fourth-order valence-corrected chi connectivity index (χ4v) is 9.96. The van der Waals surface area contributed by atoms with E-state index in [9.17, 15) is 62.4 Å². The molecule has 2 unspecified atom stereocenters. The number of amides is 3. The summed E-state index contributed by atoms with van der Waals surface area (Å²) in [7, 11) is -8.09. The van der Waals surface area contributed by atoms with Crippen LogP contribution in [0.25, 0.3) is 0 Å². The molecule has 2 atom stereocenters. The molecular weight excluding hydrogens is 997 g/mol. The zero-order chi connectivity index (χ0) is 53.0. The van der Waals surface area contributed by atoms with Gasteiger partial charge in [0.1, 0.15) is 5.82 Å². The van der Waals surface area contributed by atoms with Gasteiger partial charge in [0.15, 0.2) is 9.34 Å². The van der Waals surface area contributed by atoms with Crippen LogP contribution in [0.15, 0.2) is 76.0 Å². The maximum absolute atomic E-state index is 12.8. The zero-order valence-electron chi connectivity index (χ0n) is 39.4. The molecule has 0 radical (unpaired) electrons. The highest BCUT2D eigenvalue weighted by Gasteiger charge is 2.39. The van der Waals surface area contributed by atoms with Crippen molar-refractivity contribution >= 4 is 83.1 Å². The van der Waals surface area contributed by atoms with Crippen molar-refractivity contribution in [1.82, 2.24) is 20.8 Å². The van der Waals surface area contributed by atoms with Gasteiger partial charge in [-0.2, -0.15) is 26.3 Å². The predicted molar refractivity (Wildman–Crippen MR) is 251 cm³/mol. The van der Waals surface area contributed by atoms with Gasteiger partial charge in [-0.1, -0.05) is 66.7 Å². The van der Waals surface area contributed by atoms with E-state index < -0.39 is 50.2 Å². The van der Waals surface area contributed by atoms with Crippen molar-refractivity contribution in [3.63, 3.8) is 0 Å². The van der Waals surface area contributed by atoms with Crippen molar-refractivity contribution in [3.05, 3.63) is 78.1 Å². The van der Waals surface area contributed by atoms with Crippen molar-refractivity contribution in [2.75, 3.05) is 32.2 Å². The number of rotatable bonds is 18. The van der Waals surface area contributed by atoms with Crippen LogP contribution in [0.3, 0.4) is 0 Å². The third-order valence-corrected chi connectivity index (χ3v) is 13.4. The average molecular weight is 1050 g/mol. The molecule has 2 aromatic heterocycles. The number of esters is 1. The number of hydrazine groups is 2. The molecule has 2 heterocycles. The molecule has 0 spiro atoms. The number of carbonyl (C=O) groups is 4. The number of pyridine rings is 1. The van der Waals surface area contributed by atoms with Crippen LogP contribution < -0.4 is 36.5 Å². The molecule has 386 valence electrons. The number of sulfonamides is 2. The Morgan fingerprint density at radius 3 is 1.69 bits per heavy atom. The van der Waals surface area contributed by atoms with Gasteiger partial charge in [-0.15, -0.1) is 0 Å². The molecule has 3 amide bonds.